The lowest BCUT2D eigenvalue weighted by Crippen LogP contribution is -2.30. The zero-order valence-corrected chi connectivity index (χ0v) is 28.0. The minimum atomic E-state index is 0.642. The van der Waals surface area contributed by atoms with Crippen molar-refractivity contribution < 1.29 is 4.42 Å². The summed E-state index contributed by atoms with van der Waals surface area (Å²) in [5.74, 6) is 1.95. The third-order valence-electron chi connectivity index (χ3n) is 11.0. The molecule has 0 radical (unpaired) electrons. The van der Waals surface area contributed by atoms with E-state index in [1.165, 1.54) is 59.5 Å². The highest BCUT2D eigenvalue weighted by Crippen LogP contribution is 2.45. The van der Waals surface area contributed by atoms with Gasteiger partial charge in [0.1, 0.15) is 11.2 Å². The zero-order valence-electron chi connectivity index (χ0n) is 28.0. The number of nitrogens with zero attached hydrogens (tertiary/aromatic N) is 4. The average molecular weight is 665 g/mol. The van der Waals surface area contributed by atoms with E-state index in [2.05, 4.69) is 120 Å². The van der Waals surface area contributed by atoms with Gasteiger partial charge in [0, 0.05) is 43.9 Å². The molecule has 10 aromatic rings. The van der Waals surface area contributed by atoms with Gasteiger partial charge in [0.15, 0.2) is 17.5 Å². The lowest BCUT2D eigenvalue weighted by atomic mass is 9.91. The van der Waals surface area contributed by atoms with Gasteiger partial charge >= 0.3 is 0 Å². The fraction of sp³-hybridized carbons (Fsp3) is 0.0426. The molecule has 0 aliphatic heterocycles. The molecule has 0 saturated carbocycles. The molecule has 0 unspecified atom stereocenters. The smallest absolute Gasteiger partial charge is 0.164 e. The molecule has 3 aromatic heterocycles. The molecule has 0 bridgehead atoms. The molecule has 0 atom stereocenters. The van der Waals surface area contributed by atoms with Crippen LogP contribution in [0.15, 0.2) is 144 Å². The van der Waals surface area contributed by atoms with Crippen LogP contribution >= 0.6 is 0 Å². The maximum Gasteiger partial charge on any atom is 0.164 e. The summed E-state index contributed by atoms with van der Waals surface area (Å²) in [6.45, 7) is 0. The predicted octanol–water partition coefficient (Wildman–Crippen LogP) is 10.1. The van der Waals surface area contributed by atoms with Crippen molar-refractivity contribution in [2.75, 3.05) is 0 Å². The van der Waals surface area contributed by atoms with Gasteiger partial charge in [0.25, 0.3) is 0 Å². The van der Waals surface area contributed by atoms with Crippen molar-refractivity contribution in [3.63, 3.8) is 0 Å². The summed E-state index contributed by atoms with van der Waals surface area (Å²) in [6.07, 6.45) is 4.44. The summed E-state index contributed by atoms with van der Waals surface area (Å²) in [5.41, 5.74) is 11.0. The number of rotatable bonds is 4. The van der Waals surface area contributed by atoms with Gasteiger partial charge in [-0.05, 0) is 99.8 Å². The van der Waals surface area contributed by atoms with E-state index in [0.717, 1.165) is 51.8 Å². The van der Waals surface area contributed by atoms with Crippen molar-refractivity contribution in [2.45, 2.75) is 12.8 Å². The third-order valence-corrected chi connectivity index (χ3v) is 11.0. The number of furan rings is 1. The fourth-order valence-electron chi connectivity index (χ4n) is 8.75. The minimum Gasteiger partial charge on any atom is -0.456 e. The van der Waals surface area contributed by atoms with E-state index < -0.39 is 0 Å². The lowest BCUT2D eigenvalue weighted by Gasteiger charge is -2.14. The number of hydrogen-bond acceptors (Lipinski definition) is 4. The summed E-state index contributed by atoms with van der Waals surface area (Å²) in [4.78, 5) is 15.0. The highest BCUT2D eigenvalue weighted by Gasteiger charge is 2.26. The Morgan fingerprint density at radius 1 is 0.500 bits per heavy atom. The van der Waals surface area contributed by atoms with Crippen molar-refractivity contribution in [2.24, 2.45) is 0 Å². The molecule has 0 fully saturated rings. The zero-order chi connectivity index (χ0) is 33.9. The Morgan fingerprint density at radius 2 is 1.19 bits per heavy atom. The summed E-state index contributed by atoms with van der Waals surface area (Å²) in [5, 5.41) is 10.1. The first-order valence-corrected chi connectivity index (χ1v) is 17.8. The Kier molecular flexibility index (Phi) is 5.55. The van der Waals surface area contributed by atoms with Crippen molar-refractivity contribution in [1.29, 1.82) is 0 Å². The van der Waals surface area contributed by atoms with Crippen LogP contribution < -0.4 is 10.4 Å². The Morgan fingerprint density at radius 3 is 2.04 bits per heavy atom. The van der Waals surface area contributed by atoms with E-state index in [0.29, 0.717) is 17.5 Å². The lowest BCUT2D eigenvalue weighted by molar-refractivity contribution is 0.669. The Labute approximate surface area is 297 Å². The Bertz CT molecular complexity index is 3280. The summed E-state index contributed by atoms with van der Waals surface area (Å²) in [6, 6.07) is 49.1. The van der Waals surface area contributed by atoms with Gasteiger partial charge in [-0.25, -0.2) is 15.0 Å². The molecule has 5 nitrogen and oxygen atoms in total. The molecule has 2 aliphatic carbocycles. The van der Waals surface area contributed by atoms with Gasteiger partial charge in [-0.3, -0.25) is 0 Å². The second kappa shape index (κ2) is 10.3. The molecule has 12 rings (SSSR count). The van der Waals surface area contributed by atoms with Gasteiger partial charge in [-0.15, -0.1) is 0 Å². The second-order valence-corrected chi connectivity index (χ2v) is 13.9. The van der Waals surface area contributed by atoms with Gasteiger partial charge in [-0.2, -0.15) is 0 Å². The van der Waals surface area contributed by atoms with Gasteiger partial charge < -0.3 is 8.98 Å². The van der Waals surface area contributed by atoms with Crippen LogP contribution in [0, 0.1) is 0 Å². The maximum absolute atomic E-state index is 6.52. The molecular formula is C47H28N4O. The van der Waals surface area contributed by atoms with Crippen LogP contribution in [0.5, 0.6) is 0 Å². The normalized spacial score (nSPS) is 13.3. The molecule has 0 amide bonds. The molecule has 0 N–H and O–H groups in total. The quantitative estimate of drug-likeness (QED) is 0.188. The molecule has 2 aliphatic rings. The third kappa shape index (κ3) is 3.85. The molecule has 242 valence electrons. The van der Waals surface area contributed by atoms with Gasteiger partial charge in [0.2, 0.25) is 0 Å². The van der Waals surface area contributed by atoms with Crippen molar-refractivity contribution >= 4 is 66.2 Å². The summed E-state index contributed by atoms with van der Waals surface area (Å²) < 4.78 is 8.93. The van der Waals surface area contributed by atoms with E-state index in [-0.39, 0.29) is 0 Å². The monoisotopic (exact) mass is 664 g/mol. The first-order chi connectivity index (χ1) is 25.8. The highest BCUT2D eigenvalue weighted by molar-refractivity contribution is 6.30. The number of fused-ring (bicyclic) bond motifs is 2. The predicted molar refractivity (Wildman–Crippen MR) is 211 cm³/mol. The summed E-state index contributed by atoms with van der Waals surface area (Å²) in [7, 11) is 0. The van der Waals surface area contributed by atoms with Crippen LogP contribution in [0.2, 0.25) is 0 Å². The van der Waals surface area contributed by atoms with Crippen LogP contribution in [0.4, 0.5) is 0 Å². The molecule has 5 heteroatoms. The molecule has 0 spiro atoms. The maximum atomic E-state index is 6.52. The van der Waals surface area contributed by atoms with E-state index >= 15 is 0 Å². The molecule has 7 aromatic carbocycles. The highest BCUT2D eigenvalue weighted by atomic mass is 16.3. The molecular weight excluding hydrogens is 637 g/mol. The largest absolute Gasteiger partial charge is 0.456 e. The van der Waals surface area contributed by atoms with Crippen molar-refractivity contribution in [1.82, 2.24) is 19.5 Å². The number of aromatic nitrogens is 4. The van der Waals surface area contributed by atoms with E-state index in [1.807, 2.05) is 30.3 Å². The topological polar surface area (TPSA) is 56.7 Å². The second-order valence-electron chi connectivity index (χ2n) is 13.9. The van der Waals surface area contributed by atoms with Crippen LogP contribution in [-0.4, -0.2) is 19.5 Å². The first kappa shape index (κ1) is 27.9. The molecule has 3 heterocycles. The number of hydrogen-bond donors (Lipinski definition) is 0. The molecule has 0 saturated heterocycles. The summed E-state index contributed by atoms with van der Waals surface area (Å²) >= 11 is 0. The fourth-order valence-corrected chi connectivity index (χ4v) is 8.75. The van der Waals surface area contributed by atoms with Crippen LogP contribution in [0.3, 0.4) is 0 Å². The van der Waals surface area contributed by atoms with E-state index in [1.54, 1.807) is 0 Å². The van der Waals surface area contributed by atoms with Gasteiger partial charge in [0.05, 0.1) is 11.0 Å². The SMILES string of the molecule is C1=c2ccc3oc4ccc5c6c7c(cccc7n5-c5ccc(-c7nc(-c8ccccc8)nc(-c8ccc9ccccc9c8)n7)cc5)C(=c2c3c46)CC1. The van der Waals surface area contributed by atoms with Crippen LogP contribution in [0.25, 0.3) is 106 Å². The van der Waals surface area contributed by atoms with Crippen LogP contribution in [-0.2, 0) is 0 Å². The van der Waals surface area contributed by atoms with Crippen LogP contribution in [0.1, 0.15) is 18.4 Å². The van der Waals surface area contributed by atoms with Gasteiger partial charge in [-0.1, -0.05) is 91.0 Å². The minimum absolute atomic E-state index is 0.642. The Hall–Kier alpha value is -6.85. The standard InChI is InChI=1S/C47H28N4O/c1-2-9-29(10-3-1)45-48-46(50-47(49-45)32-17-16-27-8-4-5-11-31(27)26-32)30-18-21-33(22-19-30)51-36-15-7-14-35-34-13-6-12-28-20-24-38-43(40(28)34)44-39(52-38)25-23-37(51)42(44)41(35)36/h1-5,7-12,14-26H,6,13H2. The van der Waals surface area contributed by atoms with Crippen molar-refractivity contribution in [3.05, 3.63) is 156 Å². The Balaban J connectivity index is 1.06. The molecule has 52 heavy (non-hydrogen) atoms. The van der Waals surface area contributed by atoms with E-state index in [4.69, 9.17) is 19.4 Å². The van der Waals surface area contributed by atoms with Crippen molar-refractivity contribution in [3.8, 4) is 39.9 Å². The average Bonchev–Trinajstić information content (AvgIpc) is 3.72. The first-order valence-electron chi connectivity index (χ1n) is 17.8. The van der Waals surface area contributed by atoms with E-state index in [9.17, 15) is 0 Å². The number of benzene rings is 7.